The Morgan fingerprint density at radius 3 is 2.86 bits per heavy atom. The minimum absolute atomic E-state index is 0.174. The second-order valence-electron chi connectivity index (χ2n) is 2.92. The number of hydrogen-bond acceptors (Lipinski definition) is 1. The summed E-state index contributed by atoms with van der Waals surface area (Å²) in [6, 6.07) is 4.15. The summed E-state index contributed by atoms with van der Waals surface area (Å²) in [4.78, 5) is 11.1. The molecule has 0 aromatic heterocycles. The Hall–Kier alpha value is -1.09. The molecule has 76 valence electrons. The molecule has 0 unspecified atom stereocenters. The van der Waals surface area contributed by atoms with Gasteiger partial charge in [0, 0.05) is 11.4 Å². The molecule has 0 heterocycles. The fourth-order valence-electron chi connectivity index (χ4n) is 1.03. The number of rotatable bonds is 3. The lowest BCUT2D eigenvalue weighted by molar-refractivity contribution is -0.116. The molecule has 1 N–H and O–H groups in total. The highest BCUT2D eigenvalue weighted by molar-refractivity contribution is 6.30. The van der Waals surface area contributed by atoms with Gasteiger partial charge in [-0.25, -0.2) is 4.39 Å². The zero-order chi connectivity index (χ0) is 10.6. The summed E-state index contributed by atoms with van der Waals surface area (Å²) in [5, 5.41) is 2.78. The number of carbonyl (C=O) groups excluding carboxylic acids is 1. The molecule has 14 heavy (non-hydrogen) atoms. The molecule has 0 spiro atoms. The van der Waals surface area contributed by atoms with Crippen molar-refractivity contribution in [3.63, 3.8) is 0 Å². The van der Waals surface area contributed by atoms with Crippen molar-refractivity contribution in [3.8, 4) is 0 Å². The number of amides is 1. The van der Waals surface area contributed by atoms with Crippen LogP contribution >= 0.6 is 11.6 Å². The monoisotopic (exact) mass is 215 g/mol. The Morgan fingerprint density at radius 2 is 2.29 bits per heavy atom. The SMILES string of the molecule is CCCC(=O)Nc1ccc(Cl)cc1F. The van der Waals surface area contributed by atoms with Gasteiger partial charge in [-0.15, -0.1) is 0 Å². The van der Waals surface area contributed by atoms with Gasteiger partial charge in [0.1, 0.15) is 5.82 Å². The van der Waals surface area contributed by atoms with E-state index in [1.54, 1.807) is 0 Å². The molecule has 2 nitrogen and oxygen atoms in total. The molecule has 0 saturated carbocycles. The predicted octanol–water partition coefficient (Wildman–Crippen LogP) is 3.22. The second-order valence-corrected chi connectivity index (χ2v) is 3.36. The number of hydrogen-bond donors (Lipinski definition) is 1. The van der Waals surface area contributed by atoms with Gasteiger partial charge in [-0.1, -0.05) is 18.5 Å². The van der Waals surface area contributed by atoms with Gasteiger partial charge >= 0.3 is 0 Å². The molecule has 1 amide bonds. The summed E-state index contributed by atoms with van der Waals surface area (Å²) in [7, 11) is 0. The van der Waals surface area contributed by atoms with Crippen LogP contribution in [0.2, 0.25) is 5.02 Å². The third kappa shape index (κ3) is 3.00. The van der Waals surface area contributed by atoms with Gasteiger partial charge in [0.2, 0.25) is 5.91 Å². The van der Waals surface area contributed by atoms with Crippen LogP contribution in [0, 0.1) is 5.82 Å². The lowest BCUT2D eigenvalue weighted by atomic mass is 10.2. The summed E-state index contributed by atoms with van der Waals surface area (Å²) in [6.07, 6.45) is 1.13. The first-order valence-corrected chi connectivity index (χ1v) is 4.76. The third-order valence-corrected chi connectivity index (χ3v) is 1.92. The molecular formula is C10H11ClFNO. The van der Waals surface area contributed by atoms with E-state index in [2.05, 4.69) is 5.32 Å². The standard InChI is InChI=1S/C10H11ClFNO/c1-2-3-10(14)13-9-5-4-7(11)6-8(9)12/h4-6H,2-3H2,1H3,(H,13,14). The van der Waals surface area contributed by atoms with E-state index in [9.17, 15) is 9.18 Å². The van der Waals surface area contributed by atoms with Crippen LogP contribution in [-0.2, 0) is 4.79 Å². The number of benzene rings is 1. The van der Waals surface area contributed by atoms with Crippen molar-refractivity contribution in [2.45, 2.75) is 19.8 Å². The van der Waals surface area contributed by atoms with E-state index < -0.39 is 5.82 Å². The van der Waals surface area contributed by atoms with Crippen LogP contribution in [0.4, 0.5) is 10.1 Å². The number of carbonyl (C=O) groups is 1. The maximum absolute atomic E-state index is 13.2. The molecule has 1 aromatic rings. The molecule has 0 saturated heterocycles. The van der Waals surface area contributed by atoms with Gasteiger partial charge in [0.05, 0.1) is 5.69 Å². The van der Waals surface area contributed by atoms with Crippen molar-refractivity contribution >= 4 is 23.2 Å². The quantitative estimate of drug-likeness (QED) is 0.824. The van der Waals surface area contributed by atoms with Crippen LogP contribution in [-0.4, -0.2) is 5.91 Å². The van der Waals surface area contributed by atoms with Gasteiger partial charge in [-0.05, 0) is 24.6 Å². The van der Waals surface area contributed by atoms with Crippen molar-refractivity contribution in [3.05, 3.63) is 29.0 Å². The van der Waals surface area contributed by atoms with Crippen LogP contribution in [0.5, 0.6) is 0 Å². The van der Waals surface area contributed by atoms with Crippen LogP contribution < -0.4 is 5.32 Å². The Labute approximate surface area is 87.1 Å². The molecule has 0 radical (unpaired) electrons. The molecule has 1 aromatic carbocycles. The highest BCUT2D eigenvalue weighted by atomic mass is 35.5. The molecule has 0 bridgehead atoms. The average Bonchev–Trinajstić information content (AvgIpc) is 2.10. The van der Waals surface area contributed by atoms with Gasteiger partial charge in [0.15, 0.2) is 0 Å². The molecule has 0 aliphatic rings. The second kappa shape index (κ2) is 4.96. The fourth-order valence-corrected chi connectivity index (χ4v) is 1.19. The number of anilines is 1. The lowest BCUT2D eigenvalue weighted by Crippen LogP contribution is -2.11. The maximum Gasteiger partial charge on any atom is 0.224 e. The average molecular weight is 216 g/mol. The topological polar surface area (TPSA) is 29.1 Å². The summed E-state index contributed by atoms with van der Waals surface area (Å²) in [6.45, 7) is 1.89. The van der Waals surface area contributed by atoms with Crippen LogP contribution in [0.25, 0.3) is 0 Å². The van der Waals surface area contributed by atoms with Crippen molar-refractivity contribution in [2.75, 3.05) is 5.32 Å². The molecule has 0 aliphatic heterocycles. The predicted molar refractivity (Wildman–Crippen MR) is 54.9 cm³/mol. The first kappa shape index (κ1) is 11.0. The molecule has 1 rings (SSSR count). The fraction of sp³-hybridized carbons (Fsp3) is 0.300. The zero-order valence-electron chi connectivity index (χ0n) is 7.81. The summed E-state index contributed by atoms with van der Waals surface area (Å²) in [5.74, 6) is -0.698. The van der Waals surface area contributed by atoms with Crippen molar-refractivity contribution < 1.29 is 9.18 Å². The van der Waals surface area contributed by atoms with Gasteiger partial charge < -0.3 is 5.32 Å². The van der Waals surface area contributed by atoms with Crippen LogP contribution in [0.15, 0.2) is 18.2 Å². The highest BCUT2D eigenvalue weighted by Gasteiger charge is 2.05. The Kier molecular flexibility index (Phi) is 3.89. The van der Waals surface area contributed by atoms with Crippen LogP contribution in [0.3, 0.4) is 0 Å². The molecule has 0 atom stereocenters. The third-order valence-electron chi connectivity index (χ3n) is 1.68. The van der Waals surface area contributed by atoms with Gasteiger partial charge in [0.25, 0.3) is 0 Å². The summed E-state index contributed by atoms with van der Waals surface area (Å²) in [5.41, 5.74) is 0.174. The summed E-state index contributed by atoms with van der Waals surface area (Å²) < 4.78 is 13.2. The molecule has 0 fully saturated rings. The van der Waals surface area contributed by atoms with E-state index in [1.807, 2.05) is 6.92 Å². The van der Waals surface area contributed by atoms with E-state index in [0.717, 1.165) is 6.42 Å². The number of nitrogens with one attached hydrogen (secondary N) is 1. The zero-order valence-corrected chi connectivity index (χ0v) is 8.57. The smallest absolute Gasteiger partial charge is 0.224 e. The summed E-state index contributed by atoms with van der Waals surface area (Å²) >= 11 is 5.56. The molecular weight excluding hydrogens is 205 g/mol. The van der Waals surface area contributed by atoms with E-state index in [0.29, 0.717) is 11.4 Å². The Bertz CT molecular complexity index is 341. The van der Waals surface area contributed by atoms with Gasteiger partial charge in [-0.2, -0.15) is 0 Å². The first-order chi connectivity index (χ1) is 6.63. The first-order valence-electron chi connectivity index (χ1n) is 4.38. The van der Waals surface area contributed by atoms with Crippen LogP contribution in [0.1, 0.15) is 19.8 Å². The van der Waals surface area contributed by atoms with Gasteiger partial charge in [-0.3, -0.25) is 4.79 Å². The maximum atomic E-state index is 13.2. The van der Waals surface area contributed by atoms with E-state index >= 15 is 0 Å². The van der Waals surface area contributed by atoms with E-state index in [1.165, 1.54) is 18.2 Å². The molecule has 0 aliphatic carbocycles. The molecule has 4 heteroatoms. The normalized spacial score (nSPS) is 9.93. The Morgan fingerprint density at radius 1 is 1.57 bits per heavy atom. The van der Waals surface area contributed by atoms with E-state index in [4.69, 9.17) is 11.6 Å². The largest absolute Gasteiger partial charge is 0.324 e. The lowest BCUT2D eigenvalue weighted by Gasteiger charge is -2.05. The van der Waals surface area contributed by atoms with Crippen molar-refractivity contribution in [2.24, 2.45) is 0 Å². The highest BCUT2D eigenvalue weighted by Crippen LogP contribution is 2.18. The minimum atomic E-state index is -0.512. The number of halogens is 2. The van der Waals surface area contributed by atoms with E-state index in [-0.39, 0.29) is 11.6 Å². The Balaban J connectivity index is 2.72. The van der Waals surface area contributed by atoms with Crippen molar-refractivity contribution in [1.82, 2.24) is 0 Å². The van der Waals surface area contributed by atoms with Crippen molar-refractivity contribution in [1.29, 1.82) is 0 Å². The minimum Gasteiger partial charge on any atom is -0.324 e.